The van der Waals surface area contributed by atoms with Gasteiger partial charge in [-0.25, -0.2) is 8.78 Å². The van der Waals surface area contributed by atoms with Gasteiger partial charge >= 0.3 is 5.97 Å². The summed E-state index contributed by atoms with van der Waals surface area (Å²) in [4.78, 5) is 11.4. The molecule has 0 amide bonds. The number of benzene rings is 1. The number of hydrogen-bond acceptors (Lipinski definition) is 2. The number of rotatable bonds is 3. The maximum atomic E-state index is 13.6. The smallest absolute Gasteiger partial charge is 0.310 e. The van der Waals surface area contributed by atoms with Crippen molar-refractivity contribution in [1.82, 2.24) is 0 Å². The van der Waals surface area contributed by atoms with Gasteiger partial charge in [0.2, 0.25) is 0 Å². The van der Waals surface area contributed by atoms with Crippen molar-refractivity contribution in [3.8, 4) is 0 Å². The van der Waals surface area contributed by atoms with E-state index < -0.39 is 23.0 Å². The highest BCUT2D eigenvalue weighted by Gasteiger charge is 2.41. The maximum absolute atomic E-state index is 13.6. The Hall–Kier alpha value is -1.49. The number of carboxylic acids is 1. The third kappa shape index (κ3) is 2.36. The van der Waals surface area contributed by atoms with Gasteiger partial charge in [0.05, 0.1) is 5.41 Å². The minimum Gasteiger partial charge on any atom is -0.481 e. The van der Waals surface area contributed by atoms with Gasteiger partial charge in [0.15, 0.2) is 0 Å². The lowest BCUT2D eigenvalue weighted by Crippen LogP contribution is -2.39. The molecule has 1 saturated heterocycles. The van der Waals surface area contributed by atoms with Gasteiger partial charge in [-0.3, -0.25) is 4.79 Å². The largest absolute Gasteiger partial charge is 0.481 e. The number of aliphatic carboxylic acids is 1. The molecule has 18 heavy (non-hydrogen) atoms. The van der Waals surface area contributed by atoms with Crippen LogP contribution in [0.2, 0.25) is 0 Å². The second kappa shape index (κ2) is 5.02. The van der Waals surface area contributed by atoms with Crippen LogP contribution in [0.15, 0.2) is 18.2 Å². The lowest BCUT2D eigenvalue weighted by Gasteiger charge is -2.33. The van der Waals surface area contributed by atoms with Crippen molar-refractivity contribution in [1.29, 1.82) is 0 Å². The number of hydrogen-bond donors (Lipinski definition) is 1. The first-order chi connectivity index (χ1) is 8.55. The van der Waals surface area contributed by atoms with E-state index >= 15 is 0 Å². The van der Waals surface area contributed by atoms with Crippen LogP contribution in [-0.2, 0) is 16.0 Å². The summed E-state index contributed by atoms with van der Waals surface area (Å²) in [6, 6.07) is 3.56. The lowest BCUT2D eigenvalue weighted by molar-refractivity contribution is -0.154. The zero-order valence-electron chi connectivity index (χ0n) is 9.79. The molecule has 1 aliphatic rings. The Morgan fingerprint density at radius 3 is 2.33 bits per heavy atom. The average Bonchev–Trinajstić information content (AvgIpc) is 2.35. The van der Waals surface area contributed by atoms with Gasteiger partial charge in [0, 0.05) is 18.8 Å². The first-order valence-corrected chi connectivity index (χ1v) is 5.79. The summed E-state index contributed by atoms with van der Waals surface area (Å²) in [5, 5.41) is 9.33. The summed E-state index contributed by atoms with van der Waals surface area (Å²) in [7, 11) is 0. The molecule has 0 bridgehead atoms. The highest BCUT2D eigenvalue weighted by atomic mass is 19.1. The summed E-state index contributed by atoms with van der Waals surface area (Å²) < 4.78 is 32.3. The average molecular weight is 256 g/mol. The van der Waals surface area contributed by atoms with Crippen molar-refractivity contribution >= 4 is 5.97 Å². The molecular formula is C13H14F2O3. The number of carboxylic acid groups (broad SMARTS) is 1. The number of ether oxygens (including phenoxy) is 1. The van der Waals surface area contributed by atoms with Crippen LogP contribution in [0.1, 0.15) is 18.4 Å². The van der Waals surface area contributed by atoms with E-state index in [1.54, 1.807) is 0 Å². The molecule has 0 unspecified atom stereocenters. The molecule has 0 atom stereocenters. The Kier molecular flexibility index (Phi) is 3.61. The Morgan fingerprint density at radius 2 is 1.83 bits per heavy atom. The highest BCUT2D eigenvalue weighted by molar-refractivity contribution is 5.75. The van der Waals surface area contributed by atoms with Crippen molar-refractivity contribution in [3.63, 3.8) is 0 Å². The summed E-state index contributed by atoms with van der Waals surface area (Å²) >= 11 is 0. The van der Waals surface area contributed by atoms with Gasteiger partial charge < -0.3 is 9.84 Å². The van der Waals surface area contributed by atoms with E-state index in [2.05, 4.69) is 0 Å². The summed E-state index contributed by atoms with van der Waals surface area (Å²) in [5.41, 5.74) is -1.27. The van der Waals surface area contributed by atoms with Crippen molar-refractivity contribution in [3.05, 3.63) is 35.4 Å². The normalized spacial score (nSPS) is 18.6. The molecule has 5 heteroatoms. The molecule has 2 rings (SSSR count). The topological polar surface area (TPSA) is 46.5 Å². The summed E-state index contributed by atoms with van der Waals surface area (Å²) in [5.74, 6) is -2.40. The standard InChI is InChI=1S/C13H14F2O3/c14-10-2-1-3-11(15)9(10)8-13(12(16)17)4-6-18-7-5-13/h1-3H,4-8H2,(H,16,17). The molecular weight excluding hydrogens is 242 g/mol. The Labute approximate surface area is 103 Å². The van der Waals surface area contributed by atoms with Crippen molar-refractivity contribution in [2.24, 2.45) is 5.41 Å². The Bertz CT molecular complexity index is 433. The summed E-state index contributed by atoms with van der Waals surface area (Å²) in [6.07, 6.45) is 0.413. The number of halogens is 2. The van der Waals surface area contributed by atoms with Crippen molar-refractivity contribution in [2.75, 3.05) is 13.2 Å². The van der Waals surface area contributed by atoms with Crippen LogP contribution in [0, 0.1) is 17.0 Å². The molecule has 1 aliphatic heterocycles. The van der Waals surface area contributed by atoms with Gasteiger partial charge in [-0.05, 0) is 31.4 Å². The highest BCUT2D eigenvalue weighted by Crippen LogP contribution is 2.36. The van der Waals surface area contributed by atoms with Crippen LogP contribution in [0.3, 0.4) is 0 Å². The molecule has 1 heterocycles. The SMILES string of the molecule is O=C(O)C1(Cc2c(F)cccc2F)CCOCC1. The molecule has 1 fully saturated rings. The lowest BCUT2D eigenvalue weighted by atomic mass is 9.75. The molecule has 1 aromatic carbocycles. The van der Waals surface area contributed by atoms with E-state index in [0.29, 0.717) is 13.2 Å². The van der Waals surface area contributed by atoms with Crippen molar-refractivity contribution in [2.45, 2.75) is 19.3 Å². The van der Waals surface area contributed by atoms with Gasteiger partial charge in [-0.1, -0.05) is 6.07 Å². The third-order valence-electron chi connectivity index (χ3n) is 3.48. The number of carbonyl (C=O) groups is 1. The van der Waals surface area contributed by atoms with Gasteiger partial charge in [0.1, 0.15) is 11.6 Å². The predicted octanol–water partition coefficient (Wildman–Crippen LogP) is 2.39. The van der Waals surface area contributed by atoms with Crippen molar-refractivity contribution < 1.29 is 23.4 Å². The minimum absolute atomic E-state index is 0.135. The first-order valence-electron chi connectivity index (χ1n) is 5.79. The summed E-state index contributed by atoms with van der Waals surface area (Å²) in [6.45, 7) is 0.616. The van der Waals surface area contributed by atoms with E-state index in [4.69, 9.17) is 4.74 Å². The zero-order chi connectivity index (χ0) is 13.2. The monoisotopic (exact) mass is 256 g/mol. The fraction of sp³-hybridized carbons (Fsp3) is 0.462. The van der Waals surface area contributed by atoms with E-state index in [1.165, 1.54) is 6.07 Å². The Balaban J connectivity index is 2.32. The van der Waals surface area contributed by atoms with Crippen LogP contribution in [0.4, 0.5) is 8.78 Å². The second-order valence-corrected chi connectivity index (χ2v) is 4.57. The predicted molar refractivity (Wildman–Crippen MR) is 60.2 cm³/mol. The van der Waals surface area contributed by atoms with E-state index in [-0.39, 0.29) is 24.8 Å². The second-order valence-electron chi connectivity index (χ2n) is 4.57. The molecule has 1 aromatic rings. The Morgan fingerprint density at radius 1 is 1.28 bits per heavy atom. The molecule has 0 saturated carbocycles. The van der Waals surface area contributed by atoms with Crippen LogP contribution in [0.25, 0.3) is 0 Å². The first kappa shape index (κ1) is 13.0. The van der Waals surface area contributed by atoms with Gasteiger partial charge in [0.25, 0.3) is 0 Å². The fourth-order valence-corrected chi connectivity index (χ4v) is 2.27. The molecule has 0 radical (unpaired) electrons. The van der Waals surface area contributed by atoms with Crippen LogP contribution in [-0.4, -0.2) is 24.3 Å². The maximum Gasteiger partial charge on any atom is 0.310 e. The molecule has 0 spiro atoms. The van der Waals surface area contributed by atoms with E-state index in [1.807, 2.05) is 0 Å². The van der Waals surface area contributed by atoms with Gasteiger partial charge in [-0.15, -0.1) is 0 Å². The molecule has 0 aliphatic carbocycles. The van der Waals surface area contributed by atoms with Gasteiger partial charge in [-0.2, -0.15) is 0 Å². The zero-order valence-corrected chi connectivity index (χ0v) is 9.79. The fourth-order valence-electron chi connectivity index (χ4n) is 2.27. The molecule has 0 aromatic heterocycles. The van der Waals surface area contributed by atoms with Crippen LogP contribution < -0.4 is 0 Å². The van der Waals surface area contributed by atoms with E-state index in [9.17, 15) is 18.7 Å². The third-order valence-corrected chi connectivity index (χ3v) is 3.48. The van der Waals surface area contributed by atoms with Crippen LogP contribution >= 0.6 is 0 Å². The quantitative estimate of drug-likeness (QED) is 0.903. The van der Waals surface area contributed by atoms with Crippen LogP contribution in [0.5, 0.6) is 0 Å². The molecule has 1 N–H and O–H groups in total. The molecule has 98 valence electrons. The molecule has 3 nitrogen and oxygen atoms in total. The minimum atomic E-state index is -1.12. The van der Waals surface area contributed by atoms with E-state index in [0.717, 1.165) is 12.1 Å².